The van der Waals surface area contributed by atoms with E-state index in [9.17, 15) is 0 Å². The van der Waals surface area contributed by atoms with Gasteiger partial charge in [-0.3, -0.25) is 0 Å². The van der Waals surface area contributed by atoms with Crippen molar-refractivity contribution in [3.63, 3.8) is 0 Å². The first-order valence-corrected chi connectivity index (χ1v) is 0.565. The molecule has 0 rings (SSSR count). The minimum atomic E-state index is -1.50. The molecule has 0 heterocycles. The zero-order valence-corrected chi connectivity index (χ0v) is 8.77. The molecule has 0 unspecified atom stereocenters. The molecule has 0 aliphatic rings. The van der Waals surface area contributed by atoms with E-state index < -0.39 is 5.09 Å². The van der Waals surface area contributed by atoms with Gasteiger partial charge in [0.2, 0.25) is 0 Å². The van der Waals surface area contributed by atoms with E-state index in [1.54, 1.807) is 0 Å². The summed E-state index contributed by atoms with van der Waals surface area (Å²) in [6.45, 7) is 0. The van der Waals surface area contributed by atoms with Crippen LogP contribution >= 0.6 is 12.4 Å². The van der Waals surface area contributed by atoms with Crippen LogP contribution in [0.2, 0.25) is 0 Å². The second-order valence-electron chi connectivity index (χ2n) is 0.238. The van der Waals surface area contributed by atoms with Crippen molar-refractivity contribution in [2.75, 3.05) is 0 Å². The number of hydrogen-bond donors (Lipinski definition) is 1. The summed E-state index contributed by atoms with van der Waals surface area (Å²) in [5.41, 5.74) is 0. The Balaban J connectivity index is -0.00000000214. The van der Waals surface area contributed by atoms with Crippen LogP contribution in [0.4, 0.5) is 0 Å². The van der Waals surface area contributed by atoms with E-state index in [1.165, 1.54) is 0 Å². The molecule has 7 heavy (non-hydrogen) atoms. The van der Waals surface area contributed by atoms with E-state index in [-0.39, 0.29) is 93.6 Å². The van der Waals surface area contributed by atoms with Crippen molar-refractivity contribution < 1.29 is 16.0 Å². The number of rotatable bonds is 0. The van der Waals surface area contributed by atoms with Crippen LogP contribution in [0, 0.1) is 10.1 Å². The fraction of sp³-hybridized carbons (Fsp3) is 0. The van der Waals surface area contributed by atoms with E-state index >= 15 is 0 Å². The first-order valence-electron chi connectivity index (χ1n) is 0.565. The number of halogens is 1. The van der Waals surface area contributed by atoms with Gasteiger partial charge in [-0.1, -0.05) is 0 Å². The second-order valence-corrected chi connectivity index (χ2v) is 0.238. The maximum atomic E-state index is 8.36. The standard InChI is InChI=1S/2Ca.ClH.HNO3.4H/c;;;2-1(3)4;;;;/h;;1H;(H,2,3,4);;;;/q2*+2;;;4*-1. The summed E-state index contributed by atoms with van der Waals surface area (Å²) >= 11 is 0. The van der Waals surface area contributed by atoms with Crippen molar-refractivity contribution in [1.29, 1.82) is 0 Å². The number of nitrogens with zero attached hydrogens (tertiary/aromatic N) is 1. The van der Waals surface area contributed by atoms with Gasteiger partial charge in [0.25, 0.3) is 5.09 Å². The third kappa shape index (κ3) is 71.6. The normalized spacial score (nSPS) is 3.43. The Morgan fingerprint density at radius 3 is 1.57 bits per heavy atom. The Labute approximate surface area is 112 Å². The van der Waals surface area contributed by atoms with Gasteiger partial charge in [-0.2, -0.15) is 0 Å². The van der Waals surface area contributed by atoms with Crippen molar-refractivity contribution in [2.45, 2.75) is 0 Å². The minimum Gasteiger partial charge on any atom is -1.00 e. The zero-order valence-electron chi connectivity index (χ0n) is 7.53. The molecule has 0 aromatic carbocycles. The average molecular weight is 184 g/mol. The van der Waals surface area contributed by atoms with E-state index in [1.807, 2.05) is 0 Å². The van der Waals surface area contributed by atoms with Crippen LogP contribution in [0.25, 0.3) is 0 Å². The summed E-state index contributed by atoms with van der Waals surface area (Å²) in [5, 5.41) is 13.6. The summed E-state index contributed by atoms with van der Waals surface area (Å²) < 4.78 is 0. The molecule has 0 atom stereocenters. The first kappa shape index (κ1) is 23.0. The van der Waals surface area contributed by atoms with Gasteiger partial charge in [-0.05, 0) is 0 Å². The monoisotopic (exact) mass is 183 g/mol. The molecular weight excluding hydrogens is 178 g/mol. The Kier molecular flexibility index (Phi) is 51.6. The Morgan fingerprint density at radius 1 is 1.57 bits per heavy atom. The molecule has 0 aliphatic heterocycles. The molecule has 0 fully saturated rings. The minimum absolute atomic E-state index is 0. The summed E-state index contributed by atoms with van der Waals surface area (Å²) in [5.74, 6) is 0. The molecule has 0 aromatic rings. The summed E-state index contributed by atoms with van der Waals surface area (Å²) in [6, 6.07) is 0. The van der Waals surface area contributed by atoms with E-state index in [2.05, 4.69) is 0 Å². The van der Waals surface area contributed by atoms with E-state index in [0.29, 0.717) is 0 Å². The van der Waals surface area contributed by atoms with Gasteiger partial charge in [0.05, 0.1) is 0 Å². The van der Waals surface area contributed by atoms with Gasteiger partial charge in [0, 0.05) is 0 Å². The molecule has 0 aliphatic carbocycles. The Morgan fingerprint density at radius 2 is 1.57 bits per heavy atom. The van der Waals surface area contributed by atoms with Crippen LogP contribution in [-0.4, -0.2) is 85.8 Å². The molecule has 4 nitrogen and oxygen atoms in total. The molecule has 0 saturated carbocycles. The number of hydrogen-bond acceptors (Lipinski definition) is 2. The summed E-state index contributed by atoms with van der Waals surface area (Å²) in [6.07, 6.45) is 0. The third-order valence-electron chi connectivity index (χ3n) is 0. The maximum Gasteiger partial charge on any atom is 2.00 e. The van der Waals surface area contributed by atoms with Crippen molar-refractivity contribution in [1.82, 2.24) is 0 Å². The van der Waals surface area contributed by atoms with Gasteiger partial charge >= 0.3 is 75.5 Å². The molecule has 1 N–H and O–H groups in total. The first-order chi connectivity index (χ1) is 1.73. The SMILES string of the molecule is Cl.O=[N+]([O-])O.[Ca+2].[Ca+2].[H-].[H-].[H-].[H-]. The fourth-order valence-corrected chi connectivity index (χ4v) is 0. The van der Waals surface area contributed by atoms with Gasteiger partial charge < -0.3 is 10.9 Å². The van der Waals surface area contributed by atoms with Crippen molar-refractivity contribution in [3.8, 4) is 0 Å². The smallest absolute Gasteiger partial charge is 1.00 e. The van der Waals surface area contributed by atoms with E-state index in [0.717, 1.165) is 0 Å². The second kappa shape index (κ2) is 15.7. The van der Waals surface area contributed by atoms with Gasteiger partial charge in [0.15, 0.2) is 0 Å². The maximum absolute atomic E-state index is 8.36. The van der Waals surface area contributed by atoms with Gasteiger partial charge in [0.1, 0.15) is 0 Å². The van der Waals surface area contributed by atoms with Crippen molar-refractivity contribution in [2.24, 2.45) is 0 Å². The van der Waals surface area contributed by atoms with Crippen LogP contribution in [0.1, 0.15) is 5.71 Å². The predicted molar refractivity (Wildman–Crippen MR) is 32.0 cm³/mol. The van der Waals surface area contributed by atoms with E-state index in [4.69, 9.17) is 15.3 Å². The van der Waals surface area contributed by atoms with Crippen LogP contribution in [0.5, 0.6) is 0 Å². The molecule has 0 radical (unpaired) electrons. The predicted octanol–water partition coefficient (Wildman–Crippen LogP) is -0.238. The largest absolute Gasteiger partial charge is 2.00 e. The van der Waals surface area contributed by atoms with Gasteiger partial charge in [-0.25, -0.2) is 0 Å². The molecule has 0 saturated heterocycles. The molecule has 40 valence electrons. The fourth-order valence-electron chi connectivity index (χ4n) is 0. The van der Waals surface area contributed by atoms with Crippen molar-refractivity contribution >= 4 is 87.9 Å². The molecule has 0 bridgehead atoms. The van der Waals surface area contributed by atoms with Crippen LogP contribution in [0.3, 0.4) is 0 Å². The molecule has 0 amide bonds. The molecular formula is H6Ca2ClNO3. The Hall–Kier alpha value is 2.01. The zero-order chi connectivity index (χ0) is 3.58. The molecule has 7 heteroatoms. The average Bonchev–Trinajstić information content (AvgIpc) is 0.811. The summed E-state index contributed by atoms with van der Waals surface area (Å²) in [4.78, 5) is 8.36. The Bertz CT molecular complexity index is 46.3. The molecule has 0 aromatic heterocycles. The van der Waals surface area contributed by atoms with Crippen LogP contribution in [-0.2, 0) is 0 Å². The van der Waals surface area contributed by atoms with Crippen LogP contribution < -0.4 is 0 Å². The quantitative estimate of drug-likeness (QED) is 0.320. The van der Waals surface area contributed by atoms with Crippen molar-refractivity contribution in [3.05, 3.63) is 10.1 Å². The van der Waals surface area contributed by atoms with Crippen LogP contribution in [0.15, 0.2) is 0 Å². The summed E-state index contributed by atoms with van der Waals surface area (Å²) in [7, 11) is 0. The topological polar surface area (TPSA) is 63.4 Å². The third-order valence-corrected chi connectivity index (χ3v) is 0. The molecule has 0 spiro atoms. The van der Waals surface area contributed by atoms with Gasteiger partial charge in [-0.15, -0.1) is 22.5 Å².